The summed E-state index contributed by atoms with van der Waals surface area (Å²) < 4.78 is 32.7. The second-order valence-corrected chi connectivity index (χ2v) is 11.9. The molecule has 0 saturated carbocycles. The average molecular weight is 588 g/mol. The van der Waals surface area contributed by atoms with Crippen LogP contribution in [0.3, 0.4) is 0 Å². The van der Waals surface area contributed by atoms with Crippen molar-refractivity contribution in [2.75, 3.05) is 11.9 Å². The Hall–Kier alpha value is -4.74. The third-order valence-electron chi connectivity index (χ3n) is 6.38. The highest BCUT2D eigenvalue weighted by Gasteiger charge is 2.24. The van der Waals surface area contributed by atoms with E-state index in [2.05, 4.69) is 15.4 Å². The van der Waals surface area contributed by atoms with Crippen LogP contribution in [-0.2, 0) is 21.2 Å². The zero-order chi connectivity index (χ0) is 30.3. The Morgan fingerprint density at radius 2 is 1.60 bits per heavy atom. The lowest BCUT2D eigenvalue weighted by atomic mass is 10.0. The molecular weight excluding hydrogens is 554 g/mol. The molecule has 0 saturated heterocycles. The normalized spacial score (nSPS) is 12.1. The van der Waals surface area contributed by atoms with Crippen molar-refractivity contribution < 1.29 is 22.4 Å². The fraction of sp³-hybridized carbons (Fsp3) is 0.194. The lowest BCUT2D eigenvalue weighted by Gasteiger charge is -2.19. The van der Waals surface area contributed by atoms with Crippen LogP contribution in [0.4, 0.5) is 5.69 Å². The van der Waals surface area contributed by atoms with E-state index in [1.54, 1.807) is 66.7 Å². The predicted molar refractivity (Wildman–Crippen MR) is 162 cm³/mol. The highest BCUT2D eigenvalue weighted by molar-refractivity contribution is 7.89. The second kappa shape index (κ2) is 13.3. The van der Waals surface area contributed by atoms with Crippen molar-refractivity contribution in [3.8, 4) is 11.1 Å². The molecule has 4 rings (SSSR count). The SMILES string of the molecule is CC(C)CNS(=O)(=O)c1ccc(-c2ccc(NC(=O)C(Cc3cccc(C(=N)N)c3)NC(=O)c3ccco3)cc2)cc1. The molecular formula is C31H33N5O5S. The molecule has 11 heteroatoms. The summed E-state index contributed by atoms with van der Waals surface area (Å²) in [5, 5.41) is 13.3. The van der Waals surface area contributed by atoms with Gasteiger partial charge in [0.15, 0.2) is 5.76 Å². The highest BCUT2D eigenvalue weighted by Crippen LogP contribution is 2.23. The standard InChI is InChI=1S/C31H33N5O5S/c1-20(2)19-34-42(39,40)26-14-10-23(11-15-26)22-8-12-25(13-9-22)35-30(37)27(36-31(38)28-7-4-16-41-28)18-21-5-3-6-24(17-21)29(32)33/h3-17,20,27,34H,18-19H2,1-2H3,(H3,32,33)(H,35,37)(H,36,38). The number of sulfonamides is 1. The van der Waals surface area contributed by atoms with Crippen LogP contribution in [0.15, 0.2) is 101 Å². The molecule has 1 heterocycles. The van der Waals surface area contributed by atoms with E-state index in [0.717, 1.165) is 11.1 Å². The van der Waals surface area contributed by atoms with E-state index >= 15 is 0 Å². The number of nitrogens with two attached hydrogens (primary N) is 1. The summed E-state index contributed by atoms with van der Waals surface area (Å²) in [5.74, 6) is -0.818. The number of carbonyl (C=O) groups excluding carboxylic acids is 2. The van der Waals surface area contributed by atoms with Crippen LogP contribution in [0.2, 0.25) is 0 Å². The first kappa shape index (κ1) is 30.2. The summed E-state index contributed by atoms with van der Waals surface area (Å²) >= 11 is 0. The van der Waals surface area contributed by atoms with Gasteiger partial charge in [0.1, 0.15) is 11.9 Å². The van der Waals surface area contributed by atoms with Crippen LogP contribution in [0.1, 0.15) is 35.5 Å². The topological polar surface area (TPSA) is 167 Å². The van der Waals surface area contributed by atoms with E-state index in [4.69, 9.17) is 15.6 Å². The maximum absolute atomic E-state index is 13.3. The van der Waals surface area contributed by atoms with Gasteiger partial charge in [-0.2, -0.15) is 0 Å². The van der Waals surface area contributed by atoms with Crippen molar-refractivity contribution in [3.63, 3.8) is 0 Å². The minimum atomic E-state index is -3.59. The number of hydrogen-bond donors (Lipinski definition) is 5. The molecule has 0 aliphatic carbocycles. The smallest absolute Gasteiger partial charge is 0.287 e. The quantitative estimate of drug-likeness (QED) is 0.123. The van der Waals surface area contributed by atoms with Gasteiger partial charge in [-0.1, -0.05) is 56.3 Å². The maximum Gasteiger partial charge on any atom is 0.287 e. The van der Waals surface area contributed by atoms with Gasteiger partial charge in [-0.3, -0.25) is 15.0 Å². The third kappa shape index (κ3) is 7.93. The first-order chi connectivity index (χ1) is 20.0. The van der Waals surface area contributed by atoms with Crippen LogP contribution in [0.25, 0.3) is 11.1 Å². The van der Waals surface area contributed by atoms with Crippen molar-refractivity contribution in [2.45, 2.75) is 31.2 Å². The minimum Gasteiger partial charge on any atom is -0.459 e. The Morgan fingerprint density at radius 3 is 2.19 bits per heavy atom. The van der Waals surface area contributed by atoms with Gasteiger partial charge >= 0.3 is 0 Å². The van der Waals surface area contributed by atoms with Crippen LogP contribution < -0.4 is 21.1 Å². The molecule has 2 amide bonds. The average Bonchev–Trinajstić information content (AvgIpc) is 3.52. The fourth-order valence-corrected chi connectivity index (χ4v) is 5.32. The first-order valence-electron chi connectivity index (χ1n) is 13.3. The van der Waals surface area contributed by atoms with Crippen molar-refractivity contribution in [2.24, 2.45) is 11.7 Å². The molecule has 1 atom stereocenters. The number of hydrogen-bond acceptors (Lipinski definition) is 6. The van der Waals surface area contributed by atoms with E-state index in [9.17, 15) is 18.0 Å². The zero-order valence-electron chi connectivity index (χ0n) is 23.3. The monoisotopic (exact) mass is 587 g/mol. The van der Waals surface area contributed by atoms with Gasteiger partial charge in [-0.25, -0.2) is 13.1 Å². The van der Waals surface area contributed by atoms with Crippen molar-refractivity contribution in [1.82, 2.24) is 10.0 Å². The van der Waals surface area contributed by atoms with Gasteiger partial charge < -0.3 is 20.8 Å². The number of anilines is 1. The molecule has 4 aromatic rings. The highest BCUT2D eigenvalue weighted by atomic mass is 32.2. The minimum absolute atomic E-state index is 0.0733. The van der Waals surface area contributed by atoms with Gasteiger partial charge in [0.05, 0.1) is 11.2 Å². The Balaban J connectivity index is 1.47. The van der Waals surface area contributed by atoms with Gasteiger partial charge in [0.2, 0.25) is 15.9 Å². The van der Waals surface area contributed by atoms with Crippen molar-refractivity contribution >= 4 is 33.4 Å². The number of rotatable bonds is 12. The molecule has 10 nitrogen and oxygen atoms in total. The molecule has 0 aliphatic heterocycles. The molecule has 0 aliphatic rings. The molecule has 0 bridgehead atoms. The molecule has 3 aromatic carbocycles. The Morgan fingerprint density at radius 1 is 0.929 bits per heavy atom. The number of carbonyl (C=O) groups is 2. The second-order valence-electron chi connectivity index (χ2n) is 10.2. The van der Waals surface area contributed by atoms with Gasteiger partial charge in [-0.05, 0) is 65.1 Å². The lowest BCUT2D eigenvalue weighted by molar-refractivity contribution is -0.118. The van der Waals surface area contributed by atoms with Gasteiger partial charge in [0.25, 0.3) is 5.91 Å². The van der Waals surface area contributed by atoms with E-state index in [-0.39, 0.29) is 28.8 Å². The molecule has 1 unspecified atom stereocenters. The van der Waals surface area contributed by atoms with Gasteiger partial charge in [0, 0.05) is 24.2 Å². The van der Waals surface area contributed by atoms with Crippen molar-refractivity contribution in [3.05, 3.63) is 108 Å². The van der Waals surface area contributed by atoms with Crippen molar-refractivity contribution in [1.29, 1.82) is 5.41 Å². The van der Waals surface area contributed by atoms with Crippen LogP contribution in [0.5, 0.6) is 0 Å². The molecule has 0 radical (unpaired) electrons. The number of furan rings is 1. The largest absolute Gasteiger partial charge is 0.459 e. The van der Waals surface area contributed by atoms with Crippen LogP contribution >= 0.6 is 0 Å². The number of nitrogens with one attached hydrogen (secondary N) is 4. The molecule has 0 fully saturated rings. The summed E-state index contributed by atoms with van der Waals surface area (Å²) in [5.41, 5.74) is 8.99. The Labute approximate surface area is 244 Å². The van der Waals surface area contributed by atoms with E-state index < -0.39 is 27.9 Å². The third-order valence-corrected chi connectivity index (χ3v) is 7.82. The summed E-state index contributed by atoms with van der Waals surface area (Å²) in [6, 6.07) is 22.7. The number of benzene rings is 3. The predicted octanol–water partition coefficient (Wildman–Crippen LogP) is 4.14. The Kier molecular flexibility index (Phi) is 9.56. The van der Waals surface area contributed by atoms with Gasteiger partial charge in [-0.15, -0.1) is 0 Å². The maximum atomic E-state index is 13.3. The molecule has 42 heavy (non-hydrogen) atoms. The van der Waals surface area contributed by atoms with E-state index in [1.807, 2.05) is 26.0 Å². The summed E-state index contributed by atoms with van der Waals surface area (Å²) in [6.07, 6.45) is 1.52. The van der Waals surface area contributed by atoms with Crippen LogP contribution in [0, 0.1) is 11.3 Å². The summed E-state index contributed by atoms with van der Waals surface area (Å²) in [6.45, 7) is 4.22. The molecule has 6 N–H and O–H groups in total. The Bertz CT molecular complexity index is 1650. The zero-order valence-corrected chi connectivity index (χ0v) is 24.1. The number of amides is 2. The first-order valence-corrected chi connectivity index (χ1v) is 14.8. The summed E-state index contributed by atoms with van der Waals surface area (Å²) in [4.78, 5) is 26.2. The lowest BCUT2D eigenvalue weighted by Crippen LogP contribution is -2.45. The van der Waals surface area contributed by atoms with E-state index in [1.165, 1.54) is 12.3 Å². The molecule has 1 aromatic heterocycles. The molecule has 0 spiro atoms. The van der Waals surface area contributed by atoms with Crippen LogP contribution in [-0.4, -0.2) is 38.7 Å². The van der Waals surface area contributed by atoms with E-state index in [0.29, 0.717) is 23.4 Å². The fourth-order valence-electron chi connectivity index (χ4n) is 4.11. The summed E-state index contributed by atoms with van der Waals surface area (Å²) in [7, 11) is -3.59. The number of amidine groups is 1. The number of nitrogen functional groups attached to an aromatic ring is 1. The molecule has 218 valence electrons.